The second-order valence-corrected chi connectivity index (χ2v) is 5.23. The summed E-state index contributed by atoms with van der Waals surface area (Å²) in [5.41, 5.74) is -0.731. The molecule has 0 fully saturated rings. The lowest BCUT2D eigenvalue weighted by atomic mass is 10.0. The molecule has 5 nitrogen and oxygen atoms in total. The highest BCUT2D eigenvalue weighted by molar-refractivity contribution is 6.30. The van der Waals surface area contributed by atoms with Gasteiger partial charge in [-0.25, -0.2) is 13.9 Å². The summed E-state index contributed by atoms with van der Waals surface area (Å²) in [7, 11) is 0. The summed E-state index contributed by atoms with van der Waals surface area (Å²) in [6.45, 7) is 3.51. The summed E-state index contributed by atoms with van der Waals surface area (Å²) in [5, 5.41) is 13.0. The van der Waals surface area contributed by atoms with Crippen molar-refractivity contribution in [2.75, 3.05) is 0 Å². The van der Waals surface area contributed by atoms with Crippen LogP contribution in [0.25, 0.3) is 5.69 Å². The van der Waals surface area contributed by atoms with Gasteiger partial charge in [-0.15, -0.1) is 0 Å². The Morgan fingerprint density at radius 2 is 2.05 bits per heavy atom. The van der Waals surface area contributed by atoms with Crippen molar-refractivity contribution in [3.05, 3.63) is 56.7 Å². The maximum Gasteiger partial charge on any atom is 0.360 e. The summed E-state index contributed by atoms with van der Waals surface area (Å²) in [6, 6.07) is 3.70. The van der Waals surface area contributed by atoms with Crippen molar-refractivity contribution in [3.63, 3.8) is 0 Å². The number of rotatable bonds is 3. The minimum absolute atomic E-state index is 0.147. The highest BCUT2D eigenvalue weighted by Gasteiger charge is 2.18. The van der Waals surface area contributed by atoms with E-state index in [1.807, 2.05) is 0 Å². The molecule has 0 aliphatic heterocycles. The van der Waals surface area contributed by atoms with Crippen LogP contribution >= 0.6 is 11.6 Å². The molecule has 0 radical (unpaired) electrons. The first-order chi connectivity index (χ1) is 9.79. The fourth-order valence-corrected chi connectivity index (χ4v) is 2.08. The van der Waals surface area contributed by atoms with E-state index in [-0.39, 0.29) is 22.2 Å². The average molecular weight is 311 g/mol. The van der Waals surface area contributed by atoms with E-state index < -0.39 is 22.9 Å². The zero-order valence-corrected chi connectivity index (χ0v) is 12.1. The number of carboxylic acids is 1. The van der Waals surface area contributed by atoms with Crippen LogP contribution < -0.4 is 5.43 Å². The van der Waals surface area contributed by atoms with Crippen LogP contribution in [0, 0.1) is 5.82 Å². The van der Waals surface area contributed by atoms with Crippen molar-refractivity contribution < 1.29 is 14.3 Å². The van der Waals surface area contributed by atoms with Crippen molar-refractivity contribution in [2.45, 2.75) is 19.8 Å². The lowest BCUT2D eigenvalue weighted by Crippen LogP contribution is -2.25. The van der Waals surface area contributed by atoms with Gasteiger partial charge in [0.2, 0.25) is 11.1 Å². The van der Waals surface area contributed by atoms with Gasteiger partial charge in [0.25, 0.3) is 0 Å². The SMILES string of the molecule is CC(C)c1cn(-c2cc(F)cc(Cl)c2)nc(C(=O)O)c1=O. The number of halogens is 2. The Balaban J connectivity index is 2.74. The lowest BCUT2D eigenvalue weighted by molar-refractivity contribution is 0.0686. The topological polar surface area (TPSA) is 72.2 Å². The molecule has 2 aromatic rings. The van der Waals surface area contributed by atoms with Gasteiger partial charge in [-0.05, 0) is 24.1 Å². The van der Waals surface area contributed by atoms with Crippen LogP contribution in [0.15, 0.2) is 29.2 Å². The van der Waals surface area contributed by atoms with E-state index in [0.29, 0.717) is 0 Å². The molecule has 110 valence electrons. The van der Waals surface area contributed by atoms with Gasteiger partial charge >= 0.3 is 5.97 Å². The van der Waals surface area contributed by atoms with E-state index in [9.17, 15) is 14.0 Å². The molecule has 0 spiro atoms. The lowest BCUT2D eigenvalue weighted by Gasteiger charge is -2.11. The van der Waals surface area contributed by atoms with E-state index in [1.165, 1.54) is 12.3 Å². The Bertz CT molecular complexity index is 751. The molecule has 1 aromatic carbocycles. The minimum Gasteiger partial charge on any atom is -0.476 e. The zero-order chi connectivity index (χ0) is 15.7. The van der Waals surface area contributed by atoms with Crippen molar-refractivity contribution in [1.82, 2.24) is 9.78 Å². The molecule has 1 aromatic heterocycles. The summed E-state index contributed by atoms with van der Waals surface area (Å²) < 4.78 is 14.6. The van der Waals surface area contributed by atoms with Crippen LogP contribution in [0.2, 0.25) is 5.02 Å². The summed E-state index contributed by atoms with van der Waals surface area (Å²) in [6.07, 6.45) is 1.39. The van der Waals surface area contributed by atoms with Gasteiger partial charge in [0.05, 0.1) is 5.69 Å². The molecule has 0 atom stereocenters. The van der Waals surface area contributed by atoms with E-state index in [4.69, 9.17) is 16.7 Å². The predicted molar refractivity (Wildman–Crippen MR) is 75.9 cm³/mol. The van der Waals surface area contributed by atoms with Crippen molar-refractivity contribution in [2.24, 2.45) is 0 Å². The van der Waals surface area contributed by atoms with E-state index >= 15 is 0 Å². The maximum absolute atomic E-state index is 13.4. The van der Waals surface area contributed by atoms with Crippen LogP contribution in [0.5, 0.6) is 0 Å². The van der Waals surface area contributed by atoms with Crippen LogP contribution in [0.4, 0.5) is 4.39 Å². The molecule has 0 aliphatic rings. The number of carboxylic acid groups (broad SMARTS) is 1. The third-order valence-electron chi connectivity index (χ3n) is 2.88. The highest BCUT2D eigenvalue weighted by Crippen LogP contribution is 2.18. The number of aromatic carboxylic acids is 1. The smallest absolute Gasteiger partial charge is 0.360 e. The van der Waals surface area contributed by atoms with Gasteiger partial charge in [0, 0.05) is 16.8 Å². The standard InChI is InChI=1S/C14H12ClFN2O3/c1-7(2)11-6-18(17-12(13(11)19)14(20)21)10-4-8(15)3-9(16)5-10/h3-7H,1-2H3,(H,20,21). The number of nitrogens with zero attached hydrogens (tertiary/aromatic N) is 2. The van der Waals surface area contributed by atoms with Crippen LogP contribution in [0.3, 0.4) is 0 Å². The molecule has 0 aliphatic carbocycles. The van der Waals surface area contributed by atoms with E-state index in [2.05, 4.69) is 5.10 Å². The van der Waals surface area contributed by atoms with Gasteiger partial charge in [0.1, 0.15) is 5.82 Å². The summed E-state index contributed by atoms with van der Waals surface area (Å²) in [5.74, 6) is -2.21. The Morgan fingerprint density at radius 1 is 1.38 bits per heavy atom. The molecule has 2 rings (SSSR count). The van der Waals surface area contributed by atoms with Crippen LogP contribution in [-0.2, 0) is 0 Å². The Morgan fingerprint density at radius 3 is 2.57 bits per heavy atom. The summed E-state index contributed by atoms with van der Waals surface area (Å²) >= 11 is 5.78. The molecule has 21 heavy (non-hydrogen) atoms. The fraction of sp³-hybridized carbons (Fsp3) is 0.214. The first-order valence-corrected chi connectivity index (χ1v) is 6.51. The van der Waals surface area contributed by atoms with E-state index in [0.717, 1.165) is 16.8 Å². The second kappa shape index (κ2) is 5.65. The average Bonchev–Trinajstić information content (AvgIpc) is 2.36. The molecule has 0 saturated carbocycles. The fourth-order valence-electron chi connectivity index (χ4n) is 1.86. The first kappa shape index (κ1) is 15.2. The monoisotopic (exact) mass is 310 g/mol. The highest BCUT2D eigenvalue weighted by atomic mass is 35.5. The summed E-state index contributed by atoms with van der Waals surface area (Å²) in [4.78, 5) is 23.2. The number of carbonyl (C=O) groups is 1. The third kappa shape index (κ3) is 3.11. The van der Waals surface area contributed by atoms with Gasteiger partial charge < -0.3 is 5.11 Å². The van der Waals surface area contributed by atoms with E-state index in [1.54, 1.807) is 13.8 Å². The molecular weight excluding hydrogens is 299 g/mol. The van der Waals surface area contributed by atoms with Crippen molar-refractivity contribution in [3.8, 4) is 5.69 Å². The number of aromatic nitrogens is 2. The molecule has 1 heterocycles. The quantitative estimate of drug-likeness (QED) is 0.946. The molecule has 7 heteroatoms. The van der Waals surface area contributed by atoms with Gasteiger partial charge in [-0.3, -0.25) is 4.79 Å². The number of hydrogen-bond donors (Lipinski definition) is 1. The van der Waals surface area contributed by atoms with Gasteiger partial charge in [-0.1, -0.05) is 25.4 Å². The molecule has 0 unspecified atom stereocenters. The largest absolute Gasteiger partial charge is 0.476 e. The molecule has 0 saturated heterocycles. The second-order valence-electron chi connectivity index (χ2n) is 4.79. The molecular formula is C14H12ClFN2O3. The maximum atomic E-state index is 13.4. The molecule has 1 N–H and O–H groups in total. The minimum atomic E-state index is -1.43. The van der Waals surface area contributed by atoms with Gasteiger partial charge in [-0.2, -0.15) is 5.10 Å². The Hall–Kier alpha value is -2.21. The number of hydrogen-bond acceptors (Lipinski definition) is 3. The zero-order valence-electron chi connectivity index (χ0n) is 11.3. The third-order valence-corrected chi connectivity index (χ3v) is 3.10. The molecule has 0 bridgehead atoms. The predicted octanol–water partition coefficient (Wildman–Crippen LogP) is 2.85. The normalized spacial score (nSPS) is 10.9. The van der Waals surface area contributed by atoms with Crippen LogP contribution in [-0.4, -0.2) is 20.9 Å². The van der Waals surface area contributed by atoms with Gasteiger partial charge in [0.15, 0.2) is 0 Å². The first-order valence-electron chi connectivity index (χ1n) is 6.13. The van der Waals surface area contributed by atoms with Crippen molar-refractivity contribution >= 4 is 17.6 Å². The Labute approximate surface area is 124 Å². The Kier molecular flexibility index (Phi) is 4.09. The molecule has 0 amide bonds. The van der Waals surface area contributed by atoms with Crippen LogP contribution in [0.1, 0.15) is 35.8 Å². The van der Waals surface area contributed by atoms with Crippen molar-refractivity contribution in [1.29, 1.82) is 0 Å². The number of benzene rings is 1.